The summed E-state index contributed by atoms with van der Waals surface area (Å²) in [6.07, 6.45) is 0.278. The van der Waals surface area contributed by atoms with E-state index in [9.17, 15) is 9.18 Å². The van der Waals surface area contributed by atoms with Crippen molar-refractivity contribution < 1.29 is 9.18 Å². The first-order valence-electron chi connectivity index (χ1n) is 6.84. The van der Waals surface area contributed by atoms with Crippen molar-refractivity contribution >= 4 is 21.7 Å². The van der Waals surface area contributed by atoms with Gasteiger partial charge in [-0.15, -0.1) is 0 Å². The van der Waals surface area contributed by atoms with Crippen LogP contribution in [-0.4, -0.2) is 5.78 Å². The number of benzene rings is 2. The summed E-state index contributed by atoms with van der Waals surface area (Å²) in [7, 11) is 0. The SMILES string of the molecule is CC(C)(C)c1ccc(CC(=O)c2cc(F)cc(Br)c2)cc1. The maximum Gasteiger partial charge on any atom is 0.167 e. The van der Waals surface area contributed by atoms with Gasteiger partial charge in [-0.3, -0.25) is 4.79 Å². The summed E-state index contributed by atoms with van der Waals surface area (Å²) in [6, 6.07) is 12.3. The highest BCUT2D eigenvalue weighted by Gasteiger charge is 2.14. The Morgan fingerprint density at radius 1 is 1.10 bits per heavy atom. The van der Waals surface area contributed by atoms with Gasteiger partial charge in [-0.1, -0.05) is 61.0 Å². The van der Waals surface area contributed by atoms with Crippen LogP contribution in [0.2, 0.25) is 0 Å². The van der Waals surface area contributed by atoms with Crippen LogP contribution in [0.3, 0.4) is 0 Å². The maximum absolute atomic E-state index is 13.3. The second kappa shape index (κ2) is 6.10. The molecule has 0 atom stereocenters. The Hall–Kier alpha value is -1.48. The zero-order chi connectivity index (χ0) is 15.6. The van der Waals surface area contributed by atoms with Crippen molar-refractivity contribution in [3.63, 3.8) is 0 Å². The zero-order valence-corrected chi connectivity index (χ0v) is 14.0. The average Bonchev–Trinajstić information content (AvgIpc) is 2.37. The van der Waals surface area contributed by atoms with Crippen LogP contribution in [0.1, 0.15) is 42.3 Å². The van der Waals surface area contributed by atoms with Crippen molar-refractivity contribution in [1.29, 1.82) is 0 Å². The Kier molecular flexibility index (Phi) is 4.62. The van der Waals surface area contributed by atoms with Gasteiger partial charge in [-0.25, -0.2) is 4.39 Å². The molecular weight excluding hydrogens is 331 g/mol. The van der Waals surface area contributed by atoms with Crippen LogP contribution in [0.5, 0.6) is 0 Å². The molecular formula is C18H18BrFO. The van der Waals surface area contributed by atoms with Crippen LogP contribution in [-0.2, 0) is 11.8 Å². The Labute approximate surface area is 133 Å². The van der Waals surface area contributed by atoms with E-state index in [1.165, 1.54) is 17.7 Å². The Morgan fingerprint density at radius 3 is 2.24 bits per heavy atom. The topological polar surface area (TPSA) is 17.1 Å². The lowest BCUT2D eigenvalue weighted by Crippen LogP contribution is -2.11. The van der Waals surface area contributed by atoms with E-state index >= 15 is 0 Å². The summed E-state index contributed by atoms with van der Waals surface area (Å²) in [5.74, 6) is -0.491. The molecule has 0 aliphatic carbocycles. The van der Waals surface area contributed by atoms with Crippen molar-refractivity contribution in [2.45, 2.75) is 32.6 Å². The molecule has 0 heterocycles. The van der Waals surface area contributed by atoms with E-state index in [-0.39, 0.29) is 17.6 Å². The molecule has 2 aromatic carbocycles. The van der Waals surface area contributed by atoms with Crippen molar-refractivity contribution in [2.75, 3.05) is 0 Å². The quantitative estimate of drug-likeness (QED) is 0.686. The average molecular weight is 349 g/mol. The van der Waals surface area contributed by atoms with E-state index in [4.69, 9.17) is 0 Å². The third-order valence-electron chi connectivity index (χ3n) is 3.37. The van der Waals surface area contributed by atoms with E-state index in [1.807, 2.05) is 24.3 Å². The molecule has 21 heavy (non-hydrogen) atoms. The number of Topliss-reactive ketones (excluding diaryl/α,β-unsaturated/α-hetero) is 1. The predicted octanol–water partition coefficient (Wildman–Crippen LogP) is 5.31. The lowest BCUT2D eigenvalue weighted by molar-refractivity contribution is 0.0992. The first kappa shape index (κ1) is 15.9. The Balaban J connectivity index is 2.16. The van der Waals surface area contributed by atoms with E-state index in [0.717, 1.165) is 5.56 Å². The minimum atomic E-state index is -0.407. The predicted molar refractivity (Wildman–Crippen MR) is 87.3 cm³/mol. The van der Waals surface area contributed by atoms with Crippen LogP contribution in [0.15, 0.2) is 46.9 Å². The molecule has 0 unspecified atom stereocenters. The second-order valence-electron chi connectivity index (χ2n) is 6.21. The standard InChI is InChI=1S/C18H18BrFO/c1-18(2,3)14-6-4-12(5-7-14)8-17(21)13-9-15(19)11-16(20)10-13/h4-7,9-11H,8H2,1-3H3. The largest absolute Gasteiger partial charge is 0.294 e. The minimum absolute atomic E-state index is 0.0845. The summed E-state index contributed by atoms with van der Waals surface area (Å²) >= 11 is 3.21. The molecule has 0 aromatic heterocycles. The van der Waals surface area contributed by atoms with Gasteiger partial charge in [0, 0.05) is 16.5 Å². The fourth-order valence-corrected chi connectivity index (χ4v) is 2.59. The van der Waals surface area contributed by atoms with Gasteiger partial charge >= 0.3 is 0 Å². The fourth-order valence-electron chi connectivity index (χ4n) is 2.12. The molecule has 0 saturated carbocycles. The lowest BCUT2D eigenvalue weighted by atomic mass is 9.86. The summed E-state index contributed by atoms with van der Waals surface area (Å²) in [5, 5.41) is 0. The second-order valence-corrected chi connectivity index (χ2v) is 7.12. The number of hydrogen-bond acceptors (Lipinski definition) is 1. The Morgan fingerprint density at radius 2 is 1.71 bits per heavy atom. The van der Waals surface area contributed by atoms with E-state index in [2.05, 4.69) is 36.7 Å². The van der Waals surface area contributed by atoms with Crippen LogP contribution in [0.25, 0.3) is 0 Å². The minimum Gasteiger partial charge on any atom is -0.294 e. The van der Waals surface area contributed by atoms with E-state index in [0.29, 0.717) is 10.0 Å². The lowest BCUT2D eigenvalue weighted by Gasteiger charge is -2.19. The molecule has 0 fully saturated rings. The number of halogens is 2. The Bertz CT molecular complexity index is 634. The molecule has 2 aromatic rings. The van der Waals surface area contributed by atoms with Gasteiger partial charge in [0.2, 0.25) is 0 Å². The monoisotopic (exact) mass is 348 g/mol. The van der Waals surface area contributed by atoms with Crippen molar-refractivity contribution in [3.05, 3.63) is 69.4 Å². The van der Waals surface area contributed by atoms with Crippen LogP contribution in [0.4, 0.5) is 4.39 Å². The molecule has 0 N–H and O–H groups in total. The smallest absolute Gasteiger partial charge is 0.167 e. The molecule has 0 aliphatic heterocycles. The summed E-state index contributed by atoms with van der Waals surface area (Å²) in [5.41, 5.74) is 2.65. The molecule has 0 saturated heterocycles. The number of carbonyl (C=O) groups is 1. The van der Waals surface area contributed by atoms with Crippen LogP contribution in [0, 0.1) is 5.82 Å². The molecule has 2 rings (SSSR count). The van der Waals surface area contributed by atoms with Crippen LogP contribution < -0.4 is 0 Å². The first-order chi connectivity index (χ1) is 9.75. The third kappa shape index (κ3) is 4.24. The van der Waals surface area contributed by atoms with Crippen molar-refractivity contribution in [2.24, 2.45) is 0 Å². The van der Waals surface area contributed by atoms with Gasteiger partial charge in [0.25, 0.3) is 0 Å². The highest BCUT2D eigenvalue weighted by atomic mass is 79.9. The van der Waals surface area contributed by atoms with Gasteiger partial charge < -0.3 is 0 Å². The fraction of sp³-hybridized carbons (Fsp3) is 0.278. The number of carbonyl (C=O) groups excluding carboxylic acids is 1. The molecule has 0 amide bonds. The summed E-state index contributed by atoms with van der Waals surface area (Å²) in [6.45, 7) is 6.45. The third-order valence-corrected chi connectivity index (χ3v) is 3.83. The summed E-state index contributed by atoms with van der Waals surface area (Å²) < 4.78 is 13.9. The normalized spacial score (nSPS) is 11.5. The number of hydrogen-bond donors (Lipinski definition) is 0. The van der Waals surface area contributed by atoms with E-state index < -0.39 is 5.82 Å². The number of rotatable bonds is 3. The maximum atomic E-state index is 13.3. The van der Waals surface area contributed by atoms with E-state index in [1.54, 1.807) is 6.07 Å². The first-order valence-corrected chi connectivity index (χ1v) is 7.64. The molecule has 110 valence electrons. The van der Waals surface area contributed by atoms with Crippen molar-refractivity contribution in [1.82, 2.24) is 0 Å². The van der Waals surface area contributed by atoms with Gasteiger partial charge in [-0.05, 0) is 34.7 Å². The number of ketones is 1. The van der Waals surface area contributed by atoms with Crippen LogP contribution >= 0.6 is 15.9 Å². The van der Waals surface area contributed by atoms with Gasteiger partial charge in [0.1, 0.15) is 5.82 Å². The molecule has 0 spiro atoms. The molecule has 3 heteroatoms. The zero-order valence-electron chi connectivity index (χ0n) is 12.4. The molecule has 0 bridgehead atoms. The van der Waals surface area contributed by atoms with Gasteiger partial charge in [0.05, 0.1) is 0 Å². The molecule has 0 aliphatic rings. The summed E-state index contributed by atoms with van der Waals surface area (Å²) in [4.78, 5) is 12.2. The van der Waals surface area contributed by atoms with Crippen molar-refractivity contribution in [3.8, 4) is 0 Å². The van der Waals surface area contributed by atoms with Gasteiger partial charge in [-0.2, -0.15) is 0 Å². The molecule has 0 radical (unpaired) electrons. The highest BCUT2D eigenvalue weighted by Crippen LogP contribution is 2.23. The molecule has 1 nitrogen and oxygen atoms in total. The van der Waals surface area contributed by atoms with Gasteiger partial charge in [0.15, 0.2) is 5.78 Å². The highest BCUT2D eigenvalue weighted by molar-refractivity contribution is 9.10.